The molecule has 0 aliphatic carbocycles. The molecule has 1 fully saturated rings. The second-order valence-corrected chi connectivity index (χ2v) is 2.79. The molecule has 0 aromatic rings. The van der Waals surface area contributed by atoms with Crippen molar-refractivity contribution in [3.63, 3.8) is 0 Å². The van der Waals surface area contributed by atoms with Gasteiger partial charge in [-0.1, -0.05) is 0 Å². The maximum atomic E-state index is 10.6. The summed E-state index contributed by atoms with van der Waals surface area (Å²) in [6.07, 6.45) is -5.08. The summed E-state index contributed by atoms with van der Waals surface area (Å²) in [6, 6.07) is 0. The van der Waals surface area contributed by atoms with E-state index in [0.717, 1.165) is 24.9 Å². The van der Waals surface area contributed by atoms with Crippen molar-refractivity contribution in [2.24, 2.45) is 5.92 Å². The zero-order valence-corrected chi connectivity index (χ0v) is 7.32. The molecule has 1 aliphatic heterocycles. The second-order valence-electron chi connectivity index (χ2n) is 2.48. The SMILES string of the molecule is ClCC1CNC1.O=C(O)C(F)(F)F. The Bertz CT molecular complexity index is 167. The van der Waals surface area contributed by atoms with Crippen LogP contribution in [0.3, 0.4) is 0 Å². The van der Waals surface area contributed by atoms with Gasteiger partial charge in [-0.15, -0.1) is 11.6 Å². The minimum atomic E-state index is -5.08. The number of nitrogens with one attached hydrogen (secondary N) is 1. The average molecular weight is 220 g/mol. The lowest BCUT2D eigenvalue weighted by Crippen LogP contribution is -2.42. The fourth-order valence-corrected chi connectivity index (χ4v) is 0.676. The van der Waals surface area contributed by atoms with Gasteiger partial charge in [0.1, 0.15) is 0 Å². The minimum Gasteiger partial charge on any atom is -0.475 e. The summed E-state index contributed by atoms with van der Waals surface area (Å²) in [5, 5.41) is 10.3. The summed E-state index contributed by atoms with van der Waals surface area (Å²) in [5.74, 6) is -1.16. The van der Waals surface area contributed by atoms with Crippen LogP contribution in [0.2, 0.25) is 0 Å². The van der Waals surface area contributed by atoms with Crippen LogP contribution in [0, 0.1) is 5.92 Å². The lowest BCUT2D eigenvalue weighted by molar-refractivity contribution is -0.192. The van der Waals surface area contributed by atoms with Crippen molar-refractivity contribution in [3.05, 3.63) is 0 Å². The molecule has 0 amide bonds. The van der Waals surface area contributed by atoms with Crippen molar-refractivity contribution in [3.8, 4) is 0 Å². The molecule has 7 heteroatoms. The van der Waals surface area contributed by atoms with Gasteiger partial charge in [0.25, 0.3) is 0 Å². The number of alkyl halides is 4. The van der Waals surface area contributed by atoms with Crippen LogP contribution in [0.1, 0.15) is 0 Å². The summed E-state index contributed by atoms with van der Waals surface area (Å²) in [6.45, 7) is 2.26. The third-order valence-electron chi connectivity index (χ3n) is 1.33. The largest absolute Gasteiger partial charge is 0.490 e. The number of carboxylic acids is 1. The topological polar surface area (TPSA) is 49.3 Å². The number of aliphatic carboxylic acids is 1. The molecule has 0 bridgehead atoms. The molecule has 0 saturated carbocycles. The number of hydrogen-bond donors (Lipinski definition) is 2. The third kappa shape index (κ3) is 5.70. The number of rotatable bonds is 1. The molecule has 3 nitrogen and oxygen atoms in total. The summed E-state index contributed by atoms with van der Waals surface area (Å²) < 4.78 is 31.7. The Balaban J connectivity index is 0.000000223. The Kier molecular flexibility index (Phi) is 5.09. The molecule has 0 spiro atoms. The van der Waals surface area contributed by atoms with E-state index in [9.17, 15) is 13.2 Å². The zero-order valence-electron chi connectivity index (χ0n) is 6.57. The highest BCUT2D eigenvalue weighted by Gasteiger charge is 2.38. The van der Waals surface area contributed by atoms with Crippen molar-refractivity contribution in [1.29, 1.82) is 0 Å². The van der Waals surface area contributed by atoms with E-state index in [0.29, 0.717) is 0 Å². The van der Waals surface area contributed by atoms with E-state index in [2.05, 4.69) is 5.32 Å². The monoisotopic (exact) mass is 219 g/mol. The molecular formula is C6H9ClF3NO2. The van der Waals surface area contributed by atoms with Gasteiger partial charge in [-0.3, -0.25) is 0 Å². The molecule has 1 saturated heterocycles. The lowest BCUT2D eigenvalue weighted by Gasteiger charge is -2.23. The first kappa shape index (κ1) is 12.5. The predicted molar refractivity (Wildman–Crippen MR) is 40.8 cm³/mol. The highest BCUT2D eigenvalue weighted by molar-refractivity contribution is 6.18. The van der Waals surface area contributed by atoms with Crippen molar-refractivity contribution in [2.75, 3.05) is 19.0 Å². The average Bonchev–Trinajstić information content (AvgIpc) is 1.83. The predicted octanol–water partition coefficient (Wildman–Crippen LogP) is 1.08. The van der Waals surface area contributed by atoms with E-state index in [1.807, 2.05) is 0 Å². The second kappa shape index (κ2) is 5.29. The molecule has 78 valence electrons. The fourth-order valence-electron chi connectivity index (χ4n) is 0.458. The standard InChI is InChI=1S/C4H8ClN.C2HF3O2/c5-1-4-2-6-3-4;3-2(4,5)1(6)7/h4,6H,1-3H2;(H,6,7). The normalized spacial score (nSPS) is 16.9. The van der Waals surface area contributed by atoms with Crippen molar-refractivity contribution in [2.45, 2.75) is 6.18 Å². The van der Waals surface area contributed by atoms with E-state index < -0.39 is 12.1 Å². The van der Waals surface area contributed by atoms with Crippen molar-refractivity contribution >= 4 is 17.6 Å². The highest BCUT2D eigenvalue weighted by atomic mass is 35.5. The van der Waals surface area contributed by atoms with Crippen LogP contribution < -0.4 is 5.32 Å². The molecule has 0 aromatic heterocycles. The van der Waals surface area contributed by atoms with Crippen LogP contribution >= 0.6 is 11.6 Å². The number of halogens is 4. The molecule has 0 unspecified atom stereocenters. The van der Waals surface area contributed by atoms with Crippen LogP contribution in [-0.4, -0.2) is 36.2 Å². The molecule has 1 heterocycles. The smallest absolute Gasteiger partial charge is 0.475 e. The zero-order chi connectivity index (χ0) is 10.5. The molecule has 0 atom stereocenters. The van der Waals surface area contributed by atoms with Crippen molar-refractivity contribution < 1.29 is 23.1 Å². The van der Waals surface area contributed by atoms with E-state index in [-0.39, 0.29) is 0 Å². The van der Waals surface area contributed by atoms with Gasteiger partial charge in [0, 0.05) is 19.0 Å². The van der Waals surface area contributed by atoms with Crippen LogP contribution in [-0.2, 0) is 4.79 Å². The summed E-state index contributed by atoms with van der Waals surface area (Å²) >= 11 is 5.46. The number of carbonyl (C=O) groups is 1. The fraction of sp³-hybridized carbons (Fsp3) is 0.833. The third-order valence-corrected chi connectivity index (χ3v) is 1.76. The van der Waals surface area contributed by atoms with Crippen LogP contribution in [0.15, 0.2) is 0 Å². The van der Waals surface area contributed by atoms with E-state index >= 15 is 0 Å². The Morgan fingerprint density at radius 2 is 1.92 bits per heavy atom. The highest BCUT2D eigenvalue weighted by Crippen LogP contribution is 2.13. The molecule has 0 aromatic carbocycles. The maximum Gasteiger partial charge on any atom is 0.490 e. The van der Waals surface area contributed by atoms with Crippen molar-refractivity contribution in [1.82, 2.24) is 5.32 Å². The molecule has 0 radical (unpaired) electrons. The first-order valence-corrected chi connectivity index (χ1v) is 3.98. The van der Waals surface area contributed by atoms with Crippen LogP contribution in [0.4, 0.5) is 13.2 Å². The van der Waals surface area contributed by atoms with Gasteiger partial charge in [0.2, 0.25) is 0 Å². The molecule has 1 aliphatic rings. The van der Waals surface area contributed by atoms with Gasteiger partial charge in [-0.2, -0.15) is 13.2 Å². The van der Waals surface area contributed by atoms with Gasteiger partial charge in [-0.25, -0.2) is 4.79 Å². The van der Waals surface area contributed by atoms with E-state index in [1.165, 1.54) is 0 Å². The summed E-state index contributed by atoms with van der Waals surface area (Å²) in [7, 11) is 0. The molecule has 2 N–H and O–H groups in total. The first-order chi connectivity index (χ1) is 5.88. The van der Waals surface area contributed by atoms with Gasteiger partial charge in [0.15, 0.2) is 0 Å². The van der Waals surface area contributed by atoms with Gasteiger partial charge >= 0.3 is 12.1 Å². The number of hydrogen-bond acceptors (Lipinski definition) is 2. The Labute approximate surface area is 77.9 Å². The quantitative estimate of drug-likeness (QED) is 0.649. The molecule has 1 rings (SSSR count). The van der Waals surface area contributed by atoms with Crippen LogP contribution in [0.25, 0.3) is 0 Å². The Morgan fingerprint density at radius 1 is 1.54 bits per heavy atom. The summed E-state index contributed by atoms with van der Waals surface area (Å²) in [4.78, 5) is 8.90. The summed E-state index contributed by atoms with van der Waals surface area (Å²) in [5.41, 5.74) is 0. The van der Waals surface area contributed by atoms with Gasteiger partial charge in [-0.05, 0) is 5.92 Å². The van der Waals surface area contributed by atoms with Crippen LogP contribution in [0.5, 0.6) is 0 Å². The maximum absolute atomic E-state index is 10.6. The lowest BCUT2D eigenvalue weighted by atomic mass is 10.1. The van der Waals surface area contributed by atoms with Gasteiger partial charge < -0.3 is 10.4 Å². The van der Waals surface area contributed by atoms with Gasteiger partial charge in [0.05, 0.1) is 0 Å². The Hall–Kier alpha value is -0.490. The molecular weight excluding hydrogens is 211 g/mol. The molecule has 13 heavy (non-hydrogen) atoms. The van der Waals surface area contributed by atoms with E-state index in [4.69, 9.17) is 21.5 Å². The first-order valence-electron chi connectivity index (χ1n) is 3.44. The minimum absolute atomic E-state index is 0.770. The Morgan fingerprint density at radius 3 is 1.92 bits per heavy atom. The van der Waals surface area contributed by atoms with E-state index in [1.54, 1.807) is 0 Å². The number of carboxylic acid groups (broad SMARTS) is 1.